The van der Waals surface area contributed by atoms with Crippen LogP contribution in [0, 0.1) is 0 Å². The van der Waals surface area contributed by atoms with E-state index in [4.69, 9.17) is 0 Å². The Morgan fingerprint density at radius 2 is 0.573 bits per heavy atom. The summed E-state index contributed by atoms with van der Waals surface area (Å²) in [6.45, 7) is 4.60. The molecule has 75 heavy (non-hydrogen) atoms. The van der Waals surface area contributed by atoms with Crippen molar-refractivity contribution in [2.45, 2.75) is 76.3 Å². The first kappa shape index (κ1) is 55.0. The molecule has 0 spiro atoms. The number of nitrogens with zero attached hydrogens (tertiary/aromatic N) is 6. The van der Waals surface area contributed by atoms with E-state index < -0.39 is 52.9 Å². The molecule has 3 aliphatic heterocycles. The molecule has 0 aliphatic carbocycles. The van der Waals surface area contributed by atoms with Crippen LogP contribution in [0.5, 0.6) is 0 Å². The first-order valence-electron chi connectivity index (χ1n) is 24.4. The maximum atomic E-state index is 13.1. The van der Waals surface area contributed by atoms with Gasteiger partial charge in [0.2, 0.25) is 0 Å². The number of carbonyl (C=O) groups excluding carboxylic acids is 3. The normalized spacial score (nSPS) is 15.1. The van der Waals surface area contributed by atoms with Gasteiger partial charge in [-0.05, 0) is 149 Å². The highest BCUT2D eigenvalue weighted by Gasteiger charge is 2.34. The average Bonchev–Trinajstić information content (AvgIpc) is 3.42. The first-order valence-corrected chi connectivity index (χ1v) is 24.4. The number of hydrogen-bond acceptors (Lipinski definition) is 9. The van der Waals surface area contributed by atoms with Gasteiger partial charge in [-0.25, -0.2) is 0 Å². The lowest BCUT2D eigenvalue weighted by Gasteiger charge is -2.31. The summed E-state index contributed by atoms with van der Waals surface area (Å²) in [5.41, 5.74) is 1.09. The molecule has 9 rings (SSSR count). The van der Waals surface area contributed by atoms with Crippen LogP contribution in [0.2, 0.25) is 0 Å². The molecule has 12 nitrogen and oxygen atoms in total. The van der Waals surface area contributed by atoms with E-state index in [9.17, 15) is 53.9 Å². The molecule has 3 amide bonds. The fraction of sp³-hybridized carbons (Fsp3) is 0.333. The van der Waals surface area contributed by atoms with Crippen LogP contribution in [0.4, 0.5) is 73.6 Å². The zero-order chi connectivity index (χ0) is 53.6. The maximum absolute atomic E-state index is 13.1. The van der Waals surface area contributed by atoms with Crippen LogP contribution in [-0.2, 0) is 18.5 Å². The smallest absolute Gasteiger partial charge is 0.370 e. The van der Waals surface area contributed by atoms with Gasteiger partial charge >= 0.3 is 18.5 Å². The van der Waals surface area contributed by atoms with Gasteiger partial charge < -0.3 is 30.7 Å². The number of alkyl halides is 9. The lowest BCUT2D eigenvalue weighted by molar-refractivity contribution is -0.138. The second kappa shape index (κ2) is 25.0. The minimum absolute atomic E-state index is 0.179. The molecular weight excluding hydrogens is 994 g/mol. The molecule has 0 saturated carbocycles. The Hall–Kier alpha value is -7.71. The number of carbonyl (C=O) groups is 3. The van der Waals surface area contributed by atoms with Crippen molar-refractivity contribution in [3.05, 3.63) is 162 Å². The van der Waals surface area contributed by atoms with E-state index in [2.05, 4.69) is 30.9 Å². The molecule has 3 aromatic heterocycles. The Kier molecular flexibility index (Phi) is 18.4. The highest BCUT2D eigenvalue weighted by Crippen LogP contribution is 2.39. The Balaban J connectivity index is 0.000000164. The quantitative estimate of drug-likeness (QED) is 0.121. The standard InChI is InChI=1S/3C18H18F3N3O/c3*19-18(20,21)14-4-5-16(24-10-2-1-3-11-24)15(12-14)23-17(25)13-6-8-22-9-7-13/h3*4-9,12H,1-3,10-11H2,(H,23,25). The Labute approximate surface area is 427 Å². The number of hydrogen-bond donors (Lipinski definition) is 3. The van der Waals surface area contributed by atoms with Gasteiger partial charge in [0.25, 0.3) is 17.7 Å². The monoisotopic (exact) mass is 1050 g/mol. The molecule has 0 bridgehead atoms. The van der Waals surface area contributed by atoms with Crippen LogP contribution in [0.25, 0.3) is 0 Å². The summed E-state index contributed by atoms with van der Waals surface area (Å²) in [4.78, 5) is 54.7. The minimum Gasteiger partial charge on any atom is -0.370 e. The van der Waals surface area contributed by atoms with Crippen LogP contribution < -0.4 is 30.7 Å². The lowest BCUT2D eigenvalue weighted by Crippen LogP contribution is -2.30. The van der Waals surface area contributed by atoms with Crippen molar-refractivity contribution < 1.29 is 53.9 Å². The van der Waals surface area contributed by atoms with E-state index in [1.165, 1.54) is 91.8 Å². The number of halogens is 9. The summed E-state index contributed by atoms with van der Waals surface area (Å²) >= 11 is 0. The number of rotatable bonds is 9. The molecule has 3 saturated heterocycles. The van der Waals surface area contributed by atoms with Crippen molar-refractivity contribution in [1.82, 2.24) is 15.0 Å². The minimum atomic E-state index is -4.46. The summed E-state index contributed by atoms with van der Waals surface area (Å²) < 4.78 is 118. The van der Waals surface area contributed by atoms with Crippen molar-refractivity contribution in [3.8, 4) is 0 Å². The Morgan fingerprint density at radius 3 is 0.787 bits per heavy atom. The molecule has 3 aliphatic rings. The highest BCUT2D eigenvalue weighted by molar-refractivity contribution is 6.07. The van der Waals surface area contributed by atoms with Crippen LogP contribution >= 0.6 is 0 Å². The predicted octanol–water partition coefficient (Wildman–Crippen LogP) is 13.0. The number of aromatic nitrogens is 3. The molecular formula is C54H54F9N9O3. The largest absolute Gasteiger partial charge is 0.416 e. The van der Waals surface area contributed by atoms with E-state index >= 15 is 0 Å². The van der Waals surface area contributed by atoms with E-state index in [-0.39, 0.29) is 17.1 Å². The molecule has 0 unspecified atom stereocenters. The predicted molar refractivity (Wildman–Crippen MR) is 269 cm³/mol. The molecule has 6 aromatic rings. The third-order valence-electron chi connectivity index (χ3n) is 12.6. The summed E-state index contributed by atoms with van der Waals surface area (Å²) in [5.74, 6) is -1.38. The van der Waals surface area contributed by atoms with Crippen molar-refractivity contribution in [3.63, 3.8) is 0 Å². The van der Waals surface area contributed by atoms with Gasteiger partial charge in [-0.3, -0.25) is 29.3 Å². The Morgan fingerprint density at radius 1 is 0.347 bits per heavy atom. The summed E-state index contributed by atoms with van der Waals surface area (Å²) in [6.07, 6.45) is 4.63. The summed E-state index contributed by atoms with van der Waals surface area (Å²) in [7, 11) is 0. The molecule has 396 valence electrons. The third kappa shape index (κ3) is 15.4. The molecule has 21 heteroatoms. The van der Waals surface area contributed by atoms with E-state index in [0.717, 1.165) is 133 Å². The fourth-order valence-corrected chi connectivity index (χ4v) is 8.76. The van der Waals surface area contributed by atoms with Crippen molar-refractivity contribution >= 4 is 51.8 Å². The second-order valence-corrected chi connectivity index (χ2v) is 17.9. The van der Waals surface area contributed by atoms with Gasteiger partial charge in [-0.1, -0.05) is 0 Å². The highest BCUT2D eigenvalue weighted by atomic mass is 19.4. The van der Waals surface area contributed by atoms with Crippen LogP contribution in [0.3, 0.4) is 0 Å². The van der Waals surface area contributed by atoms with E-state index in [1.807, 2.05) is 14.7 Å². The Bertz CT molecular complexity index is 2530. The van der Waals surface area contributed by atoms with Crippen molar-refractivity contribution in [2.75, 3.05) is 69.9 Å². The SMILES string of the molecule is O=C(Nc1cc(C(F)(F)F)ccc1N1CCCCC1)c1ccncc1.O=C(Nc1cc(C(F)(F)F)ccc1N1CCCCC1)c1ccncc1.O=C(Nc1cc(C(F)(F)F)ccc1N1CCCCC1)c1ccncc1. The van der Waals surface area contributed by atoms with Gasteiger partial charge in [0.15, 0.2) is 0 Å². The van der Waals surface area contributed by atoms with Gasteiger partial charge in [-0.2, -0.15) is 39.5 Å². The van der Waals surface area contributed by atoms with Crippen molar-refractivity contribution in [2.24, 2.45) is 0 Å². The lowest BCUT2D eigenvalue weighted by atomic mass is 10.1. The van der Waals surface area contributed by atoms with Crippen molar-refractivity contribution in [1.29, 1.82) is 0 Å². The van der Waals surface area contributed by atoms with E-state index in [1.54, 1.807) is 0 Å². The van der Waals surface area contributed by atoms with E-state index in [0.29, 0.717) is 33.8 Å². The zero-order valence-electron chi connectivity index (χ0n) is 40.5. The molecule has 6 heterocycles. The maximum Gasteiger partial charge on any atom is 0.416 e. The van der Waals surface area contributed by atoms with Crippen LogP contribution in [-0.4, -0.2) is 71.9 Å². The van der Waals surface area contributed by atoms with Gasteiger partial charge in [0.1, 0.15) is 0 Å². The molecule has 3 fully saturated rings. The fourth-order valence-electron chi connectivity index (χ4n) is 8.76. The number of nitrogens with one attached hydrogen (secondary N) is 3. The zero-order valence-corrected chi connectivity index (χ0v) is 40.5. The number of anilines is 6. The molecule has 0 atom stereocenters. The second-order valence-electron chi connectivity index (χ2n) is 17.9. The van der Waals surface area contributed by atoms with Crippen LogP contribution in [0.15, 0.2) is 128 Å². The molecule has 3 aromatic carbocycles. The number of pyridine rings is 3. The third-order valence-corrected chi connectivity index (χ3v) is 12.6. The summed E-state index contributed by atoms with van der Waals surface area (Å²) in [6, 6.07) is 19.6. The van der Waals surface area contributed by atoms with Gasteiger partial charge in [-0.15, -0.1) is 0 Å². The number of amides is 3. The first-order chi connectivity index (χ1) is 35.8. The molecule has 0 radical (unpaired) electrons. The molecule has 3 N–H and O–H groups in total. The number of benzene rings is 3. The number of piperidine rings is 3. The summed E-state index contributed by atoms with van der Waals surface area (Å²) in [5, 5.41) is 7.88. The average molecular weight is 1050 g/mol. The van der Waals surface area contributed by atoms with Gasteiger partial charge in [0.05, 0.1) is 50.8 Å². The van der Waals surface area contributed by atoms with Crippen LogP contribution in [0.1, 0.15) is 106 Å². The van der Waals surface area contributed by atoms with Gasteiger partial charge in [0, 0.05) is 93.1 Å². The topological polar surface area (TPSA) is 136 Å².